The normalized spacial score (nSPS) is 16.8. The Balaban J connectivity index is 2.01. The third kappa shape index (κ3) is 3.86. The van der Waals surface area contributed by atoms with Crippen LogP contribution in [0.5, 0.6) is 0 Å². The molecule has 5 nitrogen and oxygen atoms in total. The number of nitrogens with one attached hydrogen (secondary N) is 1. The van der Waals surface area contributed by atoms with E-state index in [4.69, 9.17) is 9.15 Å². The Morgan fingerprint density at radius 3 is 3.00 bits per heavy atom. The molecule has 0 bridgehead atoms. The molecule has 1 aromatic heterocycles. The second-order valence-corrected chi connectivity index (χ2v) is 5.79. The second-order valence-electron chi connectivity index (χ2n) is 4.77. The molecule has 20 heavy (non-hydrogen) atoms. The molecule has 0 aliphatic carbocycles. The SMILES string of the molecule is COC[C@H](NC(=O)N1CCC=C(Br)C1)c1ccc(C)o1. The van der Waals surface area contributed by atoms with Gasteiger partial charge in [0.1, 0.15) is 17.6 Å². The molecule has 0 saturated carbocycles. The monoisotopic (exact) mass is 342 g/mol. The predicted molar refractivity (Wildman–Crippen MR) is 79.8 cm³/mol. The summed E-state index contributed by atoms with van der Waals surface area (Å²) in [6.45, 7) is 3.58. The van der Waals surface area contributed by atoms with Gasteiger partial charge in [0, 0.05) is 18.1 Å². The third-order valence-corrected chi connectivity index (χ3v) is 3.70. The third-order valence-electron chi connectivity index (χ3n) is 3.13. The number of rotatable bonds is 4. The summed E-state index contributed by atoms with van der Waals surface area (Å²) in [7, 11) is 1.61. The van der Waals surface area contributed by atoms with Crippen LogP contribution in [0.1, 0.15) is 24.0 Å². The maximum absolute atomic E-state index is 12.3. The van der Waals surface area contributed by atoms with Gasteiger partial charge < -0.3 is 19.4 Å². The highest BCUT2D eigenvalue weighted by molar-refractivity contribution is 9.11. The van der Waals surface area contributed by atoms with Gasteiger partial charge in [0.15, 0.2) is 0 Å². The molecule has 2 heterocycles. The van der Waals surface area contributed by atoms with Crippen molar-refractivity contribution in [1.29, 1.82) is 0 Å². The number of ether oxygens (including phenoxy) is 1. The molecule has 1 aromatic rings. The number of urea groups is 1. The van der Waals surface area contributed by atoms with Gasteiger partial charge in [0.2, 0.25) is 0 Å². The summed E-state index contributed by atoms with van der Waals surface area (Å²) in [6.07, 6.45) is 2.95. The van der Waals surface area contributed by atoms with Crippen molar-refractivity contribution in [2.24, 2.45) is 0 Å². The molecular weight excluding hydrogens is 324 g/mol. The summed E-state index contributed by atoms with van der Waals surface area (Å²) >= 11 is 3.44. The Labute approximate surface area is 127 Å². The van der Waals surface area contributed by atoms with Crippen molar-refractivity contribution >= 4 is 22.0 Å². The van der Waals surface area contributed by atoms with Crippen LogP contribution in [0.2, 0.25) is 0 Å². The Morgan fingerprint density at radius 2 is 2.40 bits per heavy atom. The van der Waals surface area contributed by atoms with Crippen LogP contribution < -0.4 is 5.32 Å². The molecule has 1 aliphatic heterocycles. The number of aryl methyl sites for hydroxylation is 1. The van der Waals surface area contributed by atoms with Gasteiger partial charge in [-0.1, -0.05) is 22.0 Å². The number of carbonyl (C=O) groups excluding carboxylic acids is 1. The first-order valence-corrected chi connectivity index (χ1v) is 7.34. The first-order chi connectivity index (χ1) is 9.60. The van der Waals surface area contributed by atoms with Gasteiger partial charge in [0.05, 0.1) is 13.2 Å². The lowest BCUT2D eigenvalue weighted by atomic mass is 10.2. The molecule has 0 radical (unpaired) electrons. The van der Waals surface area contributed by atoms with E-state index < -0.39 is 0 Å². The smallest absolute Gasteiger partial charge is 0.318 e. The van der Waals surface area contributed by atoms with Crippen molar-refractivity contribution < 1.29 is 13.9 Å². The highest BCUT2D eigenvalue weighted by Crippen LogP contribution is 2.19. The molecule has 0 aromatic carbocycles. The van der Waals surface area contributed by atoms with Crippen molar-refractivity contribution in [3.8, 4) is 0 Å². The Hall–Kier alpha value is -1.27. The molecule has 1 aliphatic rings. The molecule has 110 valence electrons. The van der Waals surface area contributed by atoms with Crippen LogP contribution in [0.3, 0.4) is 0 Å². The maximum atomic E-state index is 12.3. The maximum Gasteiger partial charge on any atom is 0.318 e. The van der Waals surface area contributed by atoms with E-state index in [0.717, 1.165) is 23.2 Å². The lowest BCUT2D eigenvalue weighted by molar-refractivity contribution is 0.147. The lowest BCUT2D eigenvalue weighted by Gasteiger charge is -2.27. The summed E-state index contributed by atoms with van der Waals surface area (Å²) in [5.74, 6) is 1.53. The van der Waals surface area contributed by atoms with Gasteiger partial charge in [0.25, 0.3) is 0 Å². The van der Waals surface area contributed by atoms with Gasteiger partial charge in [-0.2, -0.15) is 0 Å². The number of amides is 2. The van der Waals surface area contributed by atoms with Crippen LogP contribution in [0.4, 0.5) is 4.79 Å². The number of methoxy groups -OCH3 is 1. The molecule has 2 rings (SSSR count). The zero-order chi connectivity index (χ0) is 14.5. The van der Waals surface area contributed by atoms with Gasteiger partial charge in [-0.25, -0.2) is 4.79 Å². The van der Waals surface area contributed by atoms with Gasteiger partial charge in [-0.05, 0) is 25.5 Å². The number of halogens is 1. The van der Waals surface area contributed by atoms with Gasteiger partial charge in [-0.15, -0.1) is 0 Å². The number of nitrogens with zero attached hydrogens (tertiary/aromatic N) is 1. The fourth-order valence-corrected chi connectivity index (χ4v) is 2.65. The number of hydrogen-bond donors (Lipinski definition) is 1. The average molecular weight is 343 g/mol. The molecule has 0 unspecified atom stereocenters. The van der Waals surface area contributed by atoms with Crippen molar-refractivity contribution in [1.82, 2.24) is 10.2 Å². The molecule has 2 amide bonds. The minimum Gasteiger partial charge on any atom is -0.464 e. The molecule has 1 N–H and O–H groups in total. The summed E-state index contributed by atoms with van der Waals surface area (Å²) in [4.78, 5) is 14.0. The molecule has 0 spiro atoms. The molecule has 6 heteroatoms. The van der Waals surface area contributed by atoms with Crippen molar-refractivity contribution in [2.75, 3.05) is 26.8 Å². The number of furan rings is 1. The zero-order valence-corrected chi connectivity index (χ0v) is 13.3. The summed E-state index contributed by atoms with van der Waals surface area (Å²) in [6, 6.07) is 3.37. The Bertz CT molecular complexity index is 498. The highest BCUT2D eigenvalue weighted by atomic mass is 79.9. The minimum atomic E-state index is -0.272. The van der Waals surface area contributed by atoms with E-state index in [-0.39, 0.29) is 12.1 Å². The quantitative estimate of drug-likeness (QED) is 0.915. The van der Waals surface area contributed by atoms with E-state index in [1.54, 1.807) is 12.0 Å². The standard InChI is InChI=1S/C14H19BrN2O3/c1-10-5-6-13(20-10)12(9-19-2)16-14(18)17-7-3-4-11(15)8-17/h4-6,12H,3,7-9H2,1-2H3,(H,16,18)/t12-/m0/s1. The van der Waals surface area contributed by atoms with E-state index in [9.17, 15) is 4.79 Å². The highest BCUT2D eigenvalue weighted by Gasteiger charge is 2.22. The van der Waals surface area contributed by atoms with Gasteiger partial charge >= 0.3 is 6.03 Å². The Kier molecular flexibility index (Phi) is 5.25. The number of carbonyl (C=O) groups is 1. The zero-order valence-electron chi connectivity index (χ0n) is 11.7. The van der Waals surface area contributed by atoms with Crippen LogP contribution in [0.25, 0.3) is 0 Å². The number of hydrogen-bond acceptors (Lipinski definition) is 3. The summed E-state index contributed by atoms with van der Waals surface area (Å²) in [5.41, 5.74) is 0. The fourth-order valence-electron chi connectivity index (χ4n) is 2.12. The fraction of sp³-hybridized carbons (Fsp3) is 0.500. The van der Waals surface area contributed by atoms with Crippen molar-refractivity contribution in [2.45, 2.75) is 19.4 Å². The topological polar surface area (TPSA) is 54.7 Å². The second kappa shape index (κ2) is 6.95. The lowest BCUT2D eigenvalue weighted by Crippen LogP contribution is -2.44. The largest absolute Gasteiger partial charge is 0.464 e. The van der Waals surface area contributed by atoms with E-state index in [2.05, 4.69) is 27.3 Å². The molecule has 1 atom stereocenters. The summed E-state index contributed by atoms with van der Waals surface area (Å²) in [5, 5.41) is 2.96. The predicted octanol–water partition coefficient (Wildman–Crippen LogP) is 2.97. The van der Waals surface area contributed by atoms with E-state index in [1.807, 2.05) is 19.1 Å². The van der Waals surface area contributed by atoms with Crippen LogP contribution in [-0.4, -0.2) is 37.7 Å². The molecule has 0 fully saturated rings. The van der Waals surface area contributed by atoms with Gasteiger partial charge in [-0.3, -0.25) is 0 Å². The van der Waals surface area contributed by atoms with E-state index in [1.165, 1.54) is 0 Å². The van der Waals surface area contributed by atoms with Crippen LogP contribution in [0.15, 0.2) is 27.1 Å². The first-order valence-electron chi connectivity index (χ1n) is 6.55. The van der Waals surface area contributed by atoms with E-state index >= 15 is 0 Å². The van der Waals surface area contributed by atoms with Crippen molar-refractivity contribution in [3.63, 3.8) is 0 Å². The Morgan fingerprint density at radius 1 is 1.60 bits per heavy atom. The van der Waals surface area contributed by atoms with E-state index in [0.29, 0.717) is 18.9 Å². The summed E-state index contributed by atoms with van der Waals surface area (Å²) < 4.78 is 11.8. The van der Waals surface area contributed by atoms with Crippen molar-refractivity contribution in [3.05, 3.63) is 34.2 Å². The molecule has 0 saturated heterocycles. The molecular formula is C14H19BrN2O3. The van der Waals surface area contributed by atoms with Crippen LogP contribution >= 0.6 is 15.9 Å². The average Bonchev–Trinajstić information content (AvgIpc) is 2.85. The van der Waals surface area contributed by atoms with Crippen LogP contribution in [0, 0.1) is 6.92 Å². The first kappa shape index (κ1) is 15.1. The van der Waals surface area contributed by atoms with Crippen LogP contribution in [-0.2, 0) is 4.74 Å². The minimum absolute atomic E-state index is 0.105.